The lowest BCUT2D eigenvalue weighted by atomic mass is 10.1. The summed E-state index contributed by atoms with van der Waals surface area (Å²) < 4.78 is 6.72. The first-order valence-electron chi connectivity index (χ1n) is 9.04. The van der Waals surface area contributed by atoms with Crippen molar-refractivity contribution in [1.82, 2.24) is 19.5 Å². The summed E-state index contributed by atoms with van der Waals surface area (Å²) in [5.74, 6) is 1.53. The van der Waals surface area contributed by atoms with E-state index in [0.29, 0.717) is 36.4 Å². The number of methoxy groups -OCH3 is 1. The Labute approximate surface area is 166 Å². The van der Waals surface area contributed by atoms with Crippen LogP contribution in [0.15, 0.2) is 59.4 Å². The number of hydrogen-bond acceptors (Lipinski definition) is 5. The topological polar surface area (TPSA) is 102 Å². The third-order valence-electron chi connectivity index (χ3n) is 4.57. The molecule has 2 N–H and O–H groups in total. The Kier molecular flexibility index (Phi) is 5.07. The van der Waals surface area contributed by atoms with Crippen LogP contribution >= 0.6 is 0 Å². The molecule has 0 saturated heterocycles. The lowest BCUT2D eigenvalue weighted by Gasteiger charge is -2.08. The van der Waals surface area contributed by atoms with Crippen LogP contribution in [0.5, 0.6) is 5.75 Å². The van der Waals surface area contributed by atoms with Crippen molar-refractivity contribution in [2.75, 3.05) is 12.4 Å². The van der Waals surface area contributed by atoms with Crippen molar-refractivity contribution in [3.8, 4) is 5.75 Å². The molecular formula is C21H19N5O3. The van der Waals surface area contributed by atoms with Crippen LogP contribution in [-0.4, -0.2) is 33.0 Å². The number of nitrogens with one attached hydrogen (secondary N) is 2. The minimum atomic E-state index is -0.311. The highest BCUT2D eigenvalue weighted by molar-refractivity contribution is 5.88. The first kappa shape index (κ1) is 18.4. The van der Waals surface area contributed by atoms with E-state index in [1.54, 1.807) is 11.7 Å². The molecule has 0 unspecified atom stereocenters. The Morgan fingerprint density at radius 1 is 1.07 bits per heavy atom. The smallest absolute Gasteiger partial charge is 0.328 e. The van der Waals surface area contributed by atoms with E-state index in [1.807, 2.05) is 54.6 Å². The van der Waals surface area contributed by atoms with Crippen LogP contribution in [0.25, 0.3) is 11.2 Å². The number of ether oxygens (including phenoxy) is 1. The second kappa shape index (κ2) is 7.97. The molecule has 2 heterocycles. The summed E-state index contributed by atoms with van der Waals surface area (Å²) in [5, 5.41) is 2.56. The summed E-state index contributed by atoms with van der Waals surface area (Å²) in [6.45, 7) is 0.360. The Morgan fingerprint density at radius 3 is 2.52 bits per heavy atom. The van der Waals surface area contributed by atoms with Crippen LogP contribution in [-0.2, 0) is 17.8 Å². The van der Waals surface area contributed by atoms with Gasteiger partial charge in [0, 0.05) is 6.42 Å². The van der Waals surface area contributed by atoms with Crippen LogP contribution in [0.3, 0.4) is 0 Å². The molecule has 0 saturated carbocycles. The maximum absolute atomic E-state index is 12.5. The minimum Gasteiger partial charge on any atom is -0.497 e. The molecule has 1 amide bonds. The highest BCUT2D eigenvalue weighted by Crippen LogP contribution is 2.20. The maximum atomic E-state index is 12.5. The molecule has 0 atom stereocenters. The van der Waals surface area contributed by atoms with Crippen LogP contribution in [0.1, 0.15) is 17.0 Å². The van der Waals surface area contributed by atoms with Gasteiger partial charge in [0.05, 0.1) is 13.7 Å². The summed E-state index contributed by atoms with van der Waals surface area (Å²) >= 11 is 0. The van der Waals surface area contributed by atoms with Crippen LogP contribution in [0, 0.1) is 0 Å². The number of carbonyl (C=O) groups excluding carboxylic acids is 1. The Balaban J connectivity index is 1.77. The van der Waals surface area contributed by atoms with E-state index in [9.17, 15) is 9.59 Å². The number of benzene rings is 2. The van der Waals surface area contributed by atoms with E-state index < -0.39 is 0 Å². The minimum absolute atomic E-state index is 0.275. The fraction of sp³-hybridized carbons (Fsp3) is 0.143. The first-order valence-corrected chi connectivity index (χ1v) is 9.04. The standard InChI is InChI=1S/C21H19N5O3/c1-29-16-9-7-14(8-10-16)11-17-23-19(22-13-27)18-20(24-17)26(21(28)25-18)12-15-5-3-2-4-6-15/h2-10,13H,11-12H2,1H3,(H,25,28)(H,22,23,24,27). The van der Waals surface area contributed by atoms with Gasteiger partial charge < -0.3 is 15.0 Å². The van der Waals surface area contributed by atoms with E-state index in [-0.39, 0.29) is 11.5 Å². The van der Waals surface area contributed by atoms with Crippen molar-refractivity contribution < 1.29 is 9.53 Å². The van der Waals surface area contributed by atoms with Crippen LogP contribution < -0.4 is 15.7 Å². The normalized spacial score (nSPS) is 10.8. The SMILES string of the molecule is COc1ccc(Cc2nc(NC=O)c3[nH]c(=O)n(Cc4ccccc4)c3n2)cc1. The predicted molar refractivity (Wildman–Crippen MR) is 109 cm³/mol. The Hall–Kier alpha value is -3.94. The number of anilines is 1. The Bertz CT molecular complexity index is 1200. The summed E-state index contributed by atoms with van der Waals surface area (Å²) in [4.78, 5) is 35.4. The van der Waals surface area contributed by atoms with Crippen LogP contribution in [0.2, 0.25) is 0 Å². The predicted octanol–water partition coefficient (Wildman–Crippen LogP) is 2.34. The van der Waals surface area contributed by atoms with Gasteiger partial charge in [0.25, 0.3) is 0 Å². The maximum Gasteiger partial charge on any atom is 0.328 e. The van der Waals surface area contributed by atoms with Gasteiger partial charge in [-0.25, -0.2) is 14.8 Å². The molecule has 0 aliphatic heterocycles. The van der Waals surface area contributed by atoms with Crippen molar-refractivity contribution in [2.45, 2.75) is 13.0 Å². The van der Waals surface area contributed by atoms with Gasteiger partial charge in [-0.05, 0) is 23.3 Å². The van der Waals surface area contributed by atoms with Gasteiger partial charge in [-0.1, -0.05) is 42.5 Å². The number of rotatable bonds is 7. The van der Waals surface area contributed by atoms with E-state index in [2.05, 4.69) is 20.3 Å². The van der Waals surface area contributed by atoms with Crippen molar-refractivity contribution in [1.29, 1.82) is 0 Å². The van der Waals surface area contributed by atoms with Crippen molar-refractivity contribution in [3.05, 3.63) is 82.0 Å². The molecule has 8 nitrogen and oxygen atoms in total. The average molecular weight is 389 g/mol. The molecule has 4 aromatic rings. The number of imidazole rings is 1. The number of nitrogens with zero attached hydrogens (tertiary/aromatic N) is 3. The van der Waals surface area contributed by atoms with Crippen molar-refractivity contribution in [3.63, 3.8) is 0 Å². The Morgan fingerprint density at radius 2 is 1.83 bits per heavy atom. The molecule has 0 radical (unpaired) electrons. The second-order valence-electron chi connectivity index (χ2n) is 6.48. The summed E-state index contributed by atoms with van der Waals surface area (Å²) in [6.07, 6.45) is 0.976. The third-order valence-corrected chi connectivity index (χ3v) is 4.57. The molecule has 2 aromatic carbocycles. The summed E-state index contributed by atoms with van der Waals surface area (Å²) in [6, 6.07) is 17.2. The van der Waals surface area contributed by atoms with E-state index in [0.717, 1.165) is 16.9 Å². The lowest BCUT2D eigenvalue weighted by Crippen LogP contribution is -2.17. The fourth-order valence-corrected chi connectivity index (χ4v) is 3.15. The number of amides is 1. The third kappa shape index (κ3) is 3.86. The number of aromatic amines is 1. The van der Waals surface area contributed by atoms with Gasteiger partial charge in [-0.2, -0.15) is 0 Å². The van der Waals surface area contributed by atoms with E-state index in [4.69, 9.17) is 4.74 Å². The number of fused-ring (bicyclic) bond motifs is 1. The first-order chi connectivity index (χ1) is 14.2. The quantitative estimate of drug-likeness (QED) is 0.473. The van der Waals surface area contributed by atoms with Gasteiger partial charge >= 0.3 is 5.69 Å². The molecule has 2 aromatic heterocycles. The number of H-pyrrole nitrogens is 1. The van der Waals surface area contributed by atoms with E-state index in [1.165, 1.54) is 0 Å². The largest absolute Gasteiger partial charge is 0.497 e. The summed E-state index contributed by atoms with van der Waals surface area (Å²) in [5.41, 5.74) is 2.48. The molecule has 0 fully saturated rings. The van der Waals surface area contributed by atoms with Gasteiger partial charge in [0.15, 0.2) is 11.5 Å². The molecule has 0 spiro atoms. The monoisotopic (exact) mass is 389 g/mol. The fourth-order valence-electron chi connectivity index (χ4n) is 3.15. The molecule has 0 aliphatic rings. The second-order valence-corrected chi connectivity index (χ2v) is 6.48. The number of hydrogen-bond donors (Lipinski definition) is 2. The van der Waals surface area contributed by atoms with Crippen molar-refractivity contribution >= 4 is 23.4 Å². The van der Waals surface area contributed by atoms with Crippen molar-refractivity contribution in [2.24, 2.45) is 0 Å². The average Bonchev–Trinajstić information content (AvgIpc) is 3.05. The number of aromatic nitrogens is 4. The van der Waals surface area contributed by atoms with Gasteiger partial charge in [0.2, 0.25) is 6.41 Å². The zero-order valence-electron chi connectivity index (χ0n) is 15.8. The van der Waals surface area contributed by atoms with Gasteiger partial charge in [-0.3, -0.25) is 9.36 Å². The molecule has 29 heavy (non-hydrogen) atoms. The zero-order chi connectivity index (χ0) is 20.2. The zero-order valence-corrected chi connectivity index (χ0v) is 15.8. The number of carbonyl (C=O) groups is 1. The molecule has 0 bridgehead atoms. The molecule has 4 rings (SSSR count). The molecule has 146 valence electrons. The molecule has 0 aliphatic carbocycles. The van der Waals surface area contributed by atoms with Gasteiger partial charge in [-0.15, -0.1) is 0 Å². The van der Waals surface area contributed by atoms with Crippen LogP contribution in [0.4, 0.5) is 5.82 Å². The molecule has 8 heteroatoms. The summed E-state index contributed by atoms with van der Waals surface area (Å²) in [7, 11) is 1.61. The highest BCUT2D eigenvalue weighted by atomic mass is 16.5. The van der Waals surface area contributed by atoms with E-state index >= 15 is 0 Å². The molecular weight excluding hydrogens is 370 g/mol. The lowest BCUT2D eigenvalue weighted by molar-refractivity contribution is -0.105. The highest BCUT2D eigenvalue weighted by Gasteiger charge is 2.16. The van der Waals surface area contributed by atoms with Gasteiger partial charge in [0.1, 0.15) is 17.1 Å².